The largest absolute Gasteiger partial charge is 0.444 e. The van der Waals surface area contributed by atoms with Gasteiger partial charge in [-0.05, 0) is 52.6 Å². The molecule has 1 aromatic rings. The smallest absolute Gasteiger partial charge is 0.410 e. The first-order valence-electron chi connectivity index (χ1n) is 11.2. The molecule has 0 aromatic heterocycles. The second-order valence-corrected chi connectivity index (χ2v) is 9.55. The van der Waals surface area contributed by atoms with Crippen molar-refractivity contribution < 1.29 is 14.3 Å². The summed E-state index contributed by atoms with van der Waals surface area (Å²) in [6, 6.07) is 7.79. The summed E-state index contributed by atoms with van der Waals surface area (Å²) in [5.41, 5.74) is 1.18. The van der Waals surface area contributed by atoms with E-state index < -0.39 is 5.60 Å². The molecule has 1 atom stereocenters. The van der Waals surface area contributed by atoms with Gasteiger partial charge in [-0.1, -0.05) is 12.1 Å². The highest BCUT2D eigenvalue weighted by Gasteiger charge is 2.36. The van der Waals surface area contributed by atoms with Gasteiger partial charge in [-0.3, -0.25) is 9.79 Å². The number of fused-ring (bicyclic) bond motifs is 1. The van der Waals surface area contributed by atoms with E-state index in [0.717, 1.165) is 18.1 Å². The molecule has 2 N–H and O–H groups in total. The molecule has 32 heavy (non-hydrogen) atoms. The van der Waals surface area contributed by atoms with E-state index in [-0.39, 0.29) is 18.0 Å². The molecule has 0 spiro atoms. The molecule has 0 radical (unpaired) electrons. The predicted molar refractivity (Wildman–Crippen MR) is 125 cm³/mol. The van der Waals surface area contributed by atoms with Gasteiger partial charge in [0.05, 0.1) is 12.6 Å². The summed E-state index contributed by atoms with van der Waals surface area (Å²) in [7, 11) is 3.96. The standard InChI is InChI=1S/C23H36N6O3/c1-23(2,3)32-22(31)28-11-12-29-19(16-28)15-26-21(29)25-14-17-7-6-8-18(13-17)20(30)24-9-10-27(4)5/h6-8,13,19H,9-12,14-16H2,1-5H3,(H,24,30)(H,25,26). The van der Waals surface area contributed by atoms with Crippen LogP contribution in [-0.2, 0) is 11.3 Å². The minimum Gasteiger partial charge on any atom is -0.444 e. The maximum atomic E-state index is 12.4. The van der Waals surface area contributed by atoms with Crippen LogP contribution >= 0.6 is 0 Å². The Balaban J connectivity index is 1.49. The summed E-state index contributed by atoms with van der Waals surface area (Å²) in [6.45, 7) is 10.2. The minimum absolute atomic E-state index is 0.0646. The van der Waals surface area contributed by atoms with Crippen molar-refractivity contribution in [1.82, 2.24) is 25.3 Å². The van der Waals surface area contributed by atoms with Crippen molar-refractivity contribution >= 4 is 18.0 Å². The molecule has 1 fully saturated rings. The molecule has 3 rings (SSSR count). The van der Waals surface area contributed by atoms with Crippen molar-refractivity contribution in [2.45, 2.75) is 39.0 Å². The zero-order chi connectivity index (χ0) is 23.3. The Morgan fingerprint density at radius 2 is 2.03 bits per heavy atom. The van der Waals surface area contributed by atoms with Gasteiger partial charge in [0.1, 0.15) is 5.60 Å². The fraction of sp³-hybridized carbons (Fsp3) is 0.609. The van der Waals surface area contributed by atoms with E-state index >= 15 is 0 Å². The highest BCUT2D eigenvalue weighted by molar-refractivity contribution is 5.94. The number of nitrogens with one attached hydrogen (secondary N) is 2. The molecule has 1 unspecified atom stereocenters. The lowest BCUT2D eigenvalue weighted by Gasteiger charge is -2.39. The Hall–Kier alpha value is -2.81. The molecule has 2 amide bonds. The average molecular weight is 445 g/mol. The topological polar surface area (TPSA) is 89.5 Å². The van der Waals surface area contributed by atoms with Gasteiger partial charge in [-0.25, -0.2) is 4.79 Å². The van der Waals surface area contributed by atoms with Crippen molar-refractivity contribution in [1.29, 1.82) is 0 Å². The number of carbonyl (C=O) groups is 2. The normalized spacial score (nSPS) is 18.3. The van der Waals surface area contributed by atoms with E-state index in [1.165, 1.54) is 0 Å². The van der Waals surface area contributed by atoms with E-state index in [0.29, 0.717) is 44.8 Å². The predicted octanol–water partition coefficient (Wildman–Crippen LogP) is 1.36. The zero-order valence-corrected chi connectivity index (χ0v) is 19.9. The Morgan fingerprint density at radius 1 is 1.25 bits per heavy atom. The van der Waals surface area contributed by atoms with Crippen LogP contribution in [0.1, 0.15) is 36.7 Å². The Bertz CT molecular complexity index is 848. The van der Waals surface area contributed by atoms with Crippen LogP contribution in [0.3, 0.4) is 0 Å². The number of aliphatic imine (C=N–C) groups is 1. The molecule has 0 bridgehead atoms. The van der Waals surface area contributed by atoms with Gasteiger partial charge in [0.25, 0.3) is 5.91 Å². The lowest BCUT2D eigenvalue weighted by atomic mass is 10.1. The van der Waals surface area contributed by atoms with Crippen molar-refractivity contribution in [2.24, 2.45) is 4.99 Å². The number of benzene rings is 1. The second kappa shape index (κ2) is 10.2. The second-order valence-electron chi connectivity index (χ2n) is 9.55. The molecule has 9 heteroatoms. The number of ether oxygens (including phenoxy) is 1. The summed E-state index contributed by atoms with van der Waals surface area (Å²) in [4.78, 5) is 35.4. The molecular weight excluding hydrogens is 408 g/mol. The van der Waals surface area contributed by atoms with Gasteiger partial charge in [0.2, 0.25) is 0 Å². The molecule has 2 aliphatic heterocycles. The first-order valence-corrected chi connectivity index (χ1v) is 11.2. The zero-order valence-electron chi connectivity index (χ0n) is 19.9. The van der Waals surface area contributed by atoms with Crippen molar-refractivity contribution in [3.63, 3.8) is 0 Å². The van der Waals surface area contributed by atoms with Gasteiger partial charge in [0, 0.05) is 44.8 Å². The third kappa shape index (κ3) is 6.59. The SMILES string of the molecule is CN(C)CCNC(=O)c1cccc(CNC2=NCC3CN(C(=O)OC(C)(C)C)CCN23)c1. The fourth-order valence-electron chi connectivity index (χ4n) is 3.72. The van der Waals surface area contributed by atoms with Gasteiger partial charge in [0.15, 0.2) is 5.96 Å². The van der Waals surface area contributed by atoms with Gasteiger partial charge in [-0.15, -0.1) is 0 Å². The van der Waals surface area contributed by atoms with Crippen LogP contribution in [0.2, 0.25) is 0 Å². The number of piperazine rings is 1. The lowest BCUT2D eigenvalue weighted by Crippen LogP contribution is -2.57. The van der Waals surface area contributed by atoms with E-state index in [1.54, 1.807) is 4.90 Å². The average Bonchev–Trinajstić information content (AvgIpc) is 3.13. The highest BCUT2D eigenvalue weighted by Crippen LogP contribution is 2.19. The van der Waals surface area contributed by atoms with E-state index in [4.69, 9.17) is 4.74 Å². The Morgan fingerprint density at radius 3 is 2.75 bits per heavy atom. The van der Waals surface area contributed by atoms with Crippen LogP contribution in [-0.4, -0.2) is 97.7 Å². The van der Waals surface area contributed by atoms with Crippen molar-refractivity contribution in [3.05, 3.63) is 35.4 Å². The number of hydrogen-bond acceptors (Lipinski definition) is 7. The van der Waals surface area contributed by atoms with Gasteiger partial charge < -0.3 is 30.1 Å². The number of guanidine groups is 1. The number of rotatable bonds is 6. The first-order chi connectivity index (χ1) is 15.1. The Labute approximate surface area is 190 Å². The van der Waals surface area contributed by atoms with Crippen LogP contribution in [0.15, 0.2) is 29.3 Å². The van der Waals surface area contributed by atoms with Crippen LogP contribution in [0, 0.1) is 0 Å². The van der Waals surface area contributed by atoms with Crippen molar-refractivity contribution in [2.75, 3.05) is 53.4 Å². The summed E-state index contributed by atoms with van der Waals surface area (Å²) >= 11 is 0. The van der Waals surface area contributed by atoms with Gasteiger partial charge in [-0.2, -0.15) is 0 Å². The molecular formula is C23H36N6O3. The monoisotopic (exact) mass is 444 g/mol. The lowest BCUT2D eigenvalue weighted by molar-refractivity contribution is 0.0137. The number of likely N-dealkylation sites (N-methyl/N-ethyl adjacent to an activating group) is 1. The van der Waals surface area contributed by atoms with Crippen LogP contribution in [0.25, 0.3) is 0 Å². The van der Waals surface area contributed by atoms with Crippen LogP contribution < -0.4 is 10.6 Å². The Kier molecular flexibility index (Phi) is 7.60. The molecule has 2 heterocycles. The summed E-state index contributed by atoms with van der Waals surface area (Å²) in [5, 5.41) is 6.35. The summed E-state index contributed by atoms with van der Waals surface area (Å²) < 4.78 is 5.50. The molecule has 2 aliphatic rings. The minimum atomic E-state index is -0.495. The quantitative estimate of drug-likeness (QED) is 0.689. The third-order valence-electron chi connectivity index (χ3n) is 5.34. The van der Waals surface area contributed by atoms with Crippen LogP contribution in [0.4, 0.5) is 4.79 Å². The molecule has 176 valence electrons. The van der Waals surface area contributed by atoms with Crippen LogP contribution in [0.5, 0.6) is 0 Å². The third-order valence-corrected chi connectivity index (χ3v) is 5.34. The molecule has 1 saturated heterocycles. The fourth-order valence-corrected chi connectivity index (χ4v) is 3.72. The highest BCUT2D eigenvalue weighted by atomic mass is 16.6. The molecule has 0 saturated carbocycles. The molecule has 9 nitrogen and oxygen atoms in total. The summed E-state index contributed by atoms with van der Waals surface area (Å²) in [6.07, 6.45) is -0.265. The maximum Gasteiger partial charge on any atom is 0.410 e. The molecule has 1 aromatic carbocycles. The molecule has 0 aliphatic carbocycles. The van der Waals surface area contributed by atoms with Gasteiger partial charge >= 0.3 is 6.09 Å². The first kappa shape index (κ1) is 23.8. The number of hydrogen-bond donors (Lipinski definition) is 2. The van der Waals surface area contributed by atoms with E-state index in [9.17, 15) is 9.59 Å². The van der Waals surface area contributed by atoms with Crippen molar-refractivity contribution in [3.8, 4) is 0 Å². The summed E-state index contributed by atoms with van der Waals surface area (Å²) in [5.74, 6) is 0.782. The van der Waals surface area contributed by atoms with E-state index in [1.807, 2.05) is 64.0 Å². The van der Waals surface area contributed by atoms with E-state index in [2.05, 4.69) is 20.5 Å². The number of amides is 2. The number of nitrogens with zero attached hydrogens (tertiary/aromatic N) is 4. The maximum absolute atomic E-state index is 12.4. The number of carbonyl (C=O) groups excluding carboxylic acids is 2.